The summed E-state index contributed by atoms with van der Waals surface area (Å²) in [6, 6.07) is 18.9. The third-order valence-corrected chi connectivity index (χ3v) is 11.7. The summed E-state index contributed by atoms with van der Waals surface area (Å²) in [7, 11) is 5.10. The average Bonchev–Trinajstić information content (AvgIpc) is 3.61. The molecule has 3 atom stereocenters. The largest absolute Gasteiger partial charge is 0.870 e. The molecule has 3 aliphatic heterocycles. The Labute approximate surface area is 318 Å². The lowest BCUT2D eigenvalue weighted by molar-refractivity contribution is -0.377. The van der Waals surface area contributed by atoms with Gasteiger partial charge in [0.1, 0.15) is 32.5 Å². The highest BCUT2D eigenvalue weighted by molar-refractivity contribution is 7.13. The predicted molar refractivity (Wildman–Crippen MR) is 200 cm³/mol. The minimum absolute atomic E-state index is 0. The molecule has 4 aromatic rings. The van der Waals surface area contributed by atoms with Crippen molar-refractivity contribution < 1.29 is 39.0 Å². The number of piperidine rings is 3. The van der Waals surface area contributed by atoms with Gasteiger partial charge in [-0.25, -0.2) is 9.78 Å². The number of methoxy groups -OCH3 is 2. The minimum atomic E-state index is -0.883. The number of ether oxygens (including phenoxy) is 4. The van der Waals surface area contributed by atoms with Crippen molar-refractivity contribution in [1.29, 1.82) is 0 Å². The van der Waals surface area contributed by atoms with Crippen LogP contribution in [0.4, 0.5) is 0 Å². The number of nitrogens with one attached hydrogen (secondary N) is 1. The summed E-state index contributed by atoms with van der Waals surface area (Å²) < 4.78 is 23.4. The highest BCUT2D eigenvalue weighted by Gasteiger charge is 2.43. The van der Waals surface area contributed by atoms with Crippen molar-refractivity contribution in [1.82, 2.24) is 9.80 Å². The van der Waals surface area contributed by atoms with E-state index in [0.29, 0.717) is 56.6 Å². The molecular weight excluding hydrogens is 725 g/mol. The number of benzene rings is 2. The molecule has 278 valence electrons. The number of aromatic nitrogens is 1. The summed E-state index contributed by atoms with van der Waals surface area (Å²) in [6.45, 7) is 5.90. The first-order valence-electron chi connectivity index (χ1n) is 17.1. The van der Waals surface area contributed by atoms with Crippen molar-refractivity contribution >= 4 is 46.5 Å². The van der Waals surface area contributed by atoms with Crippen LogP contribution in [-0.2, 0) is 32.6 Å². The van der Waals surface area contributed by atoms with E-state index in [1.807, 2.05) is 56.4 Å². The van der Waals surface area contributed by atoms with Crippen LogP contribution < -0.4 is 14.5 Å². The SMILES string of the molecule is COc1ccc([C@H](Cc2c(Cl)c[nH+]cc2Cl)OC(=O)c2ccc(CN(C)CC(C)(C(=O)O[C@H]3CN4CCC3CC4)c3ccccc3)s2)cc1OC.[OH-]. The summed E-state index contributed by atoms with van der Waals surface area (Å²) in [5.41, 5.74) is 1.37. The van der Waals surface area contributed by atoms with Gasteiger partial charge in [-0.15, -0.1) is 11.3 Å². The molecule has 3 saturated heterocycles. The molecule has 0 spiro atoms. The van der Waals surface area contributed by atoms with E-state index in [2.05, 4.69) is 14.8 Å². The van der Waals surface area contributed by atoms with E-state index in [1.54, 1.807) is 44.8 Å². The first kappa shape index (κ1) is 39.5. The maximum Gasteiger partial charge on any atom is 0.348 e. The molecule has 10 nitrogen and oxygen atoms in total. The van der Waals surface area contributed by atoms with Crippen molar-refractivity contribution in [3.63, 3.8) is 0 Å². The first-order valence-corrected chi connectivity index (χ1v) is 18.7. The molecule has 0 amide bonds. The zero-order valence-corrected chi connectivity index (χ0v) is 32.1. The van der Waals surface area contributed by atoms with E-state index in [0.717, 1.165) is 42.9 Å². The highest BCUT2D eigenvalue weighted by Crippen LogP contribution is 2.37. The minimum Gasteiger partial charge on any atom is -0.870 e. The van der Waals surface area contributed by atoms with Gasteiger partial charge in [-0.2, -0.15) is 0 Å². The number of hydrogen-bond donors (Lipinski definition) is 0. The second-order valence-electron chi connectivity index (χ2n) is 13.6. The normalized spacial score (nSPS) is 19.6. The summed E-state index contributed by atoms with van der Waals surface area (Å²) in [6.07, 6.45) is 4.86. The van der Waals surface area contributed by atoms with Gasteiger partial charge in [-0.05, 0) is 81.2 Å². The summed E-state index contributed by atoms with van der Waals surface area (Å²) in [4.78, 5) is 36.5. The lowest BCUT2D eigenvalue weighted by atomic mass is 9.81. The van der Waals surface area contributed by atoms with E-state index >= 15 is 0 Å². The standard InChI is InChI=1S/C39H43Cl2N3O6S.H2O/c1-39(27-8-6-5-7-9-27,38(46)50-35-23-44-16-14-25(35)15-17-44)24-43(2)22-28-11-13-36(51-28)37(45)49-33(19-29-30(40)20-42-21-31(29)41)26-10-12-32(47-3)34(18-26)48-4;/h5-13,18,20-21,25,33,35H,14-17,19,22-24H2,1-4H3;1H2/t33-,35-,39?;/m0./s1. The fourth-order valence-electron chi connectivity index (χ4n) is 7.15. The third kappa shape index (κ3) is 8.90. The van der Waals surface area contributed by atoms with Gasteiger partial charge in [0, 0.05) is 36.5 Å². The summed E-state index contributed by atoms with van der Waals surface area (Å²) in [5.74, 6) is 0.809. The highest BCUT2D eigenvalue weighted by atomic mass is 35.5. The van der Waals surface area contributed by atoms with E-state index in [9.17, 15) is 9.59 Å². The lowest BCUT2D eigenvalue weighted by Gasteiger charge is -2.45. The van der Waals surface area contributed by atoms with Gasteiger partial charge < -0.3 is 24.4 Å². The molecule has 3 aliphatic rings. The van der Waals surface area contributed by atoms with Crippen LogP contribution in [0.25, 0.3) is 0 Å². The summed E-state index contributed by atoms with van der Waals surface area (Å²) >= 11 is 14.4. The molecule has 0 saturated carbocycles. The van der Waals surface area contributed by atoms with E-state index in [4.69, 9.17) is 42.1 Å². The molecule has 0 aliphatic carbocycles. The van der Waals surface area contributed by atoms with E-state index < -0.39 is 17.5 Å². The fourth-order valence-corrected chi connectivity index (χ4v) is 8.65. The van der Waals surface area contributed by atoms with E-state index in [-0.39, 0.29) is 24.0 Å². The zero-order chi connectivity index (χ0) is 36.1. The number of rotatable bonds is 14. The van der Waals surface area contributed by atoms with Gasteiger partial charge in [0.2, 0.25) is 0 Å². The van der Waals surface area contributed by atoms with Crippen molar-refractivity contribution in [2.24, 2.45) is 5.92 Å². The second-order valence-corrected chi connectivity index (χ2v) is 15.5. The molecular formula is C39H45Cl2N3O7S. The van der Waals surface area contributed by atoms with Crippen LogP contribution in [0.3, 0.4) is 0 Å². The second kappa shape index (κ2) is 17.4. The molecule has 2 bridgehead atoms. The van der Waals surface area contributed by atoms with Crippen LogP contribution in [0.2, 0.25) is 10.0 Å². The van der Waals surface area contributed by atoms with Gasteiger partial charge in [0.25, 0.3) is 0 Å². The average molecular weight is 771 g/mol. The first-order chi connectivity index (χ1) is 24.6. The molecule has 5 heterocycles. The number of pyridine rings is 1. The Bertz CT molecular complexity index is 1820. The molecule has 0 radical (unpaired) electrons. The van der Waals surface area contributed by atoms with Gasteiger partial charge in [-0.3, -0.25) is 14.6 Å². The number of carbonyl (C=O) groups excluding carboxylic acids is 2. The third-order valence-electron chi connectivity index (χ3n) is 10.0. The Morgan fingerprint density at radius 3 is 2.33 bits per heavy atom. The fraction of sp³-hybridized carbons (Fsp3) is 0.410. The number of thiophene rings is 1. The van der Waals surface area contributed by atoms with Crippen LogP contribution >= 0.6 is 34.5 Å². The topological polar surface area (TPSA) is 122 Å². The number of fused-ring (bicyclic) bond motifs is 3. The van der Waals surface area contributed by atoms with Crippen LogP contribution in [0.15, 0.2) is 73.1 Å². The number of likely N-dealkylation sites (N-methyl/N-ethyl adjacent to an activating group) is 1. The van der Waals surface area contributed by atoms with Crippen LogP contribution in [0, 0.1) is 5.92 Å². The number of carbonyl (C=O) groups is 2. The van der Waals surface area contributed by atoms with Crippen molar-refractivity contribution in [3.8, 4) is 11.5 Å². The van der Waals surface area contributed by atoms with Crippen molar-refractivity contribution in [2.45, 2.75) is 50.4 Å². The van der Waals surface area contributed by atoms with Crippen molar-refractivity contribution in [2.75, 3.05) is 47.4 Å². The number of H-pyrrole nitrogens is 1. The van der Waals surface area contributed by atoms with Gasteiger partial charge in [0.15, 0.2) is 23.9 Å². The van der Waals surface area contributed by atoms with Gasteiger partial charge in [0.05, 0.1) is 14.2 Å². The predicted octanol–water partition coefficient (Wildman–Crippen LogP) is 6.88. The number of hydrogen-bond acceptors (Lipinski definition) is 10. The molecule has 2 N–H and O–H groups in total. The molecule has 3 fully saturated rings. The van der Waals surface area contributed by atoms with Crippen molar-refractivity contribution in [3.05, 3.63) is 110 Å². The summed E-state index contributed by atoms with van der Waals surface area (Å²) in [5, 5.41) is 0.862. The van der Waals surface area contributed by atoms with Crippen LogP contribution in [-0.4, -0.2) is 80.8 Å². The number of aromatic amines is 1. The monoisotopic (exact) mass is 769 g/mol. The molecule has 2 aromatic heterocycles. The Morgan fingerprint density at radius 2 is 1.69 bits per heavy atom. The molecule has 1 unspecified atom stereocenters. The molecule has 13 heteroatoms. The molecule has 2 aromatic carbocycles. The zero-order valence-electron chi connectivity index (χ0n) is 29.8. The lowest BCUT2D eigenvalue weighted by Crippen LogP contribution is -2.54. The van der Waals surface area contributed by atoms with Crippen LogP contribution in [0.1, 0.15) is 57.1 Å². The Morgan fingerprint density at radius 1 is 1.00 bits per heavy atom. The molecule has 7 rings (SSSR count). The number of esters is 2. The number of halogens is 2. The smallest absolute Gasteiger partial charge is 0.348 e. The van der Waals surface area contributed by atoms with Gasteiger partial charge in [-0.1, -0.05) is 59.6 Å². The number of nitrogens with zero attached hydrogens (tertiary/aromatic N) is 2. The Kier molecular flexibility index (Phi) is 13.2. The quantitative estimate of drug-likeness (QED) is 0.126. The van der Waals surface area contributed by atoms with E-state index in [1.165, 1.54) is 11.3 Å². The molecule has 52 heavy (non-hydrogen) atoms. The maximum absolute atomic E-state index is 14.0. The Balaban J connectivity index is 0.00000523. The van der Waals surface area contributed by atoms with Crippen LogP contribution in [0.5, 0.6) is 11.5 Å². The Hall–Kier alpha value is -3.71. The maximum atomic E-state index is 14.0. The van der Waals surface area contributed by atoms with Gasteiger partial charge >= 0.3 is 11.9 Å².